The quantitative estimate of drug-likeness (QED) is 0.811. The molecule has 1 aromatic carbocycles. The molecule has 7 nitrogen and oxygen atoms in total. The van der Waals surface area contributed by atoms with Crippen molar-refractivity contribution >= 4 is 23.7 Å². The van der Waals surface area contributed by atoms with Gasteiger partial charge in [0.05, 0.1) is 19.2 Å². The molecule has 1 aromatic rings. The summed E-state index contributed by atoms with van der Waals surface area (Å²) in [5.74, 6) is -0.469. The van der Waals surface area contributed by atoms with Gasteiger partial charge in [-0.1, -0.05) is 17.7 Å². The average Bonchev–Trinajstić information content (AvgIpc) is 2.45. The van der Waals surface area contributed by atoms with Crippen LogP contribution < -0.4 is 14.8 Å². The number of rotatable bonds is 6. The number of methoxy groups -OCH3 is 2. The van der Waals surface area contributed by atoms with Crippen molar-refractivity contribution < 1.29 is 28.9 Å². The van der Waals surface area contributed by atoms with Crippen molar-refractivity contribution in [2.24, 2.45) is 0 Å². The number of halogens is 1. The Bertz CT molecular complexity index is 611. The zero-order valence-corrected chi connectivity index (χ0v) is 15.1. The Balaban J connectivity index is 2.98. The Morgan fingerprint density at radius 1 is 1.25 bits per heavy atom. The van der Waals surface area contributed by atoms with E-state index in [-0.39, 0.29) is 11.4 Å². The molecule has 0 aliphatic rings. The molecule has 1 amide bonds. The van der Waals surface area contributed by atoms with E-state index in [9.17, 15) is 14.7 Å². The van der Waals surface area contributed by atoms with Gasteiger partial charge in [-0.15, -0.1) is 0 Å². The Kier molecular flexibility index (Phi) is 6.71. The van der Waals surface area contributed by atoms with Crippen molar-refractivity contribution in [3.05, 3.63) is 22.7 Å². The van der Waals surface area contributed by atoms with Crippen LogP contribution in [0.2, 0.25) is 5.02 Å². The van der Waals surface area contributed by atoms with Gasteiger partial charge in [-0.05, 0) is 32.4 Å². The third-order valence-electron chi connectivity index (χ3n) is 2.98. The molecule has 1 rings (SSSR count). The largest absolute Gasteiger partial charge is 0.493 e. The predicted octanol–water partition coefficient (Wildman–Crippen LogP) is 2.88. The molecular weight excluding hydrogens is 338 g/mol. The topological polar surface area (TPSA) is 94.1 Å². The number of hydrogen-bond acceptors (Lipinski definition) is 5. The number of carbonyl (C=O) groups is 2. The van der Waals surface area contributed by atoms with E-state index in [0.717, 1.165) is 0 Å². The summed E-state index contributed by atoms with van der Waals surface area (Å²) < 4.78 is 15.4. The van der Waals surface area contributed by atoms with E-state index < -0.39 is 23.7 Å². The van der Waals surface area contributed by atoms with Gasteiger partial charge in [-0.25, -0.2) is 9.59 Å². The lowest BCUT2D eigenvalue weighted by atomic mass is 10.1. The summed E-state index contributed by atoms with van der Waals surface area (Å²) >= 11 is 6.24. The fourth-order valence-corrected chi connectivity index (χ4v) is 2.27. The molecule has 0 aromatic heterocycles. The first-order valence-corrected chi connectivity index (χ1v) is 7.58. The first kappa shape index (κ1) is 19.9. The molecule has 0 aliphatic heterocycles. The summed E-state index contributed by atoms with van der Waals surface area (Å²) in [6, 6.07) is 2.04. The SMILES string of the molecule is COc1ccc(CC(NC(=O)OC(C)(C)C)C(=O)O)c(Cl)c1OC. The molecule has 134 valence electrons. The standard InChI is InChI=1S/C16H22ClNO6/c1-16(2,3)24-15(21)18-10(14(19)20)8-9-6-7-11(22-4)13(23-5)12(9)17/h6-7,10H,8H2,1-5H3,(H,18,21)(H,19,20). The Morgan fingerprint density at radius 2 is 1.88 bits per heavy atom. The van der Waals surface area contributed by atoms with E-state index in [4.69, 9.17) is 25.8 Å². The fraction of sp³-hybridized carbons (Fsp3) is 0.500. The van der Waals surface area contributed by atoms with Gasteiger partial charge in [0.1, 0.15) is 11.6 Å². The summed E-state index contributed by atoms with van der Waals surface area (Å²) in [4.78, 5) is 23.2. The summed E-state index contributed by atoms with van der Waals surface area (Å²) in [7, 11) is 2.90. The van der Waals surface area contributed by atoms with Crippen LogP contribution in [-0.2, 0) is 16.0 Å². The molecule has 24 heavy (non-hydrogen) atoms. The summed E-state index contributed by atoms with van der Waals surface area (Å²) in [6.07, 6.45) is -0.847. The van der Waals surface area contributed by atoms with Crippen LogP contribution >= 0.6 is 11.6 Å². The number of alkyl carbamates (subject to hydrolysis) is 1. The number of aliphatic carboxylic acids is 1. The lowest BCUT2D eigenvalue weighted by Crippen LogP contribution is -2.44. The lowest BCUT2D eigenvalue weighted by molar-refractivity contribution is -0.139. The van der Waals surface area contributed by atoms with E-state index >= 15 is 0 Å². The van der Waals surface area contributed by atoms with Gasteiger partial charge >= 0.3 is 12.1 Å². The van der Waals surface area contributed by atoms with Gasteiger partial charge in [0.2, 0.25) is 0 Å². The molecule has 0 fully saturated rings. The maximum Gasteiger partial charge on any atom is 0.408 e. The van der Waals surface area contributed by atoms with Crippen LogP contribution in [0.15, 0.2) is 12.1 Å². The van der Waals surface area contributed by atoms with E-state index in [2.05, 4.69) is 5.32 Å². The summed E-state index contributed by atoms with van der Waals surface area (Å²) in [5.41, 5.74) is -0.230. The molecular formula is C16H22ClNO6. The Morgan fingerprint density at radius 3 is 2.33 bits per heavy atom. The van der Waals surface area contributed by atoms with Crippen LogP contribution in [0.1, 0.15) is 26.3 Å². The number of hydrogen-bond donors (Lipinski definition) is 2. The molecule has 0 radical (unpaired) electrons. The summed E-state index contributed by atoms with van der Waals surface area (Å²) in [6.45, 7) is 5.06. The van der Waals surface area contributed by atoms with Crippen LogP contribution in [0.5, 0.6) is 11.5 Å². The van der Waals surface area contributed by atoms with Crippen molar-refractivity contribution in [3.63, 3.8) is 0 Å². The first-order chi connectivity index (χ1) is 11.1. The third kappa shape index (κ3) is 5.49. The van der Waals surface area contributed by atoms with Gasteiger partial charge in [0.15, 0.2) is 11.5 Å². The average molecular weight is 360 g/mol. The Labute approximate surface area is 145 Å². The smallest absolute Gasteiger partial charge is 0.408 e. The summed E-state index contributed by atoms with van der Waals surface area (Å²) in [5, 5.41) is 11.9. The lowest BCUT2D eigenvalue weighted by Gasteiger charge is -2.22. The van der Waals surface area contributed by atoms with Gasteiger partial charge in [0, 0.05) is 6.42 Å². The van der Waals surface area contributed by atoms with E-state index in [1.807, 2.05) is 0 Å². The fourth-order valence-electron chi connectivity index (χ4n) is 1.96. The highest BCUT2D eigenvalue weighted by Gasteiger charge is 2.26. The zero-order valence-electron chi connectivity index (χ0n) is 14.3. The van der Waals surface area contributed by atoms with Gasteiger partial charge in [-0.2, -0.15) is 0 Å². The molecule has 1 unspecified atom stereocenters. The number of nitrogens with one attached hydrogen (secondary N) is 1. The van der Waals surface area contributed by atoms with E-state index in [1.54, 1.807) is 32.9 Å². The van der Waals surface area contributed by atoms with Crippen LogP contribution in [0.25, 0.3) is 0 Å². The minimum absolute atomic E-state index is 0.0340. The second kappa shape index (κ2) is 8.10. The number of benzene rings is 1. The maximum absolute atomic E-state index is 11.8. The predicted molar refractivity (Wildman–Crippen MR) is 89.1 cm³/mol. The molecule has 0 bridgehead atoms. The molecule has 0 heterocycles. The second-order valence-corrected chi connectivity index (χ2v) is 6.39. The van der Waals surface area contributed by atoms with Crippen molar-refractivity contribution in [1.29, 1.82) is 0 Å². The van der Waals surface area contributed by atoms with Crippen LogP contribution in [0.4, 0.5) is 4.79 Å². The number of carboxylic acid groups (broad SMARTS) is 1. The molecule has 0 saturated carbocycles. The van der Waals surface area contributed by atoms with Crippen molar-refractivity contribution in [2.45, 2.75) is 38.8 Å². The first-order valence-electron chi connectivity index (χ1n) is 7.20. The van der Waals surface area contributed by atoms with Gasteiger partial charge < -0.3 is 24.6 Å². The second-order valence-electron chi connectivity index (χ2n) is 6.02. The monoisotopic (exact) mass is 359 g/mol. The Hall–Kier alpha value is -2.15. The maximum atomic E-state index is 11.8. The molecule has 0 saturated heterocycles. The molecule has 0 aliphatic carbocycles. The van der Waals surface area contributed by atoms with Crippen molar-refractivity contribution in [1.82, 2.24) is 5.32 Å². The van der Waals surface area contributed by atoms with Gasteiger partial charge in [-0.3, -0.25) is 0 Å². The molecule has 8 heteroatoms. The normalized spacial score (nSPS) is 12.2. The van der Waals surface area contributed by atoms with Crippen LogP contribution in [0.3, 0.4) is 0 Å². The number of carboxylic acids is 1. The highest BCUT2D eigenvalue weighted by Crippen LogP contribution is 2.37. The van der Waals surface area contributed by atoms with Crippen molar-refractivity contribution in [3.8, 4) is 11.5 Å². The van der Waals surface area contributed by atoms with Crippen molar-refractivity contribution in [2.75, 3.05) is 14.2 Å². The highest BCUT2D eigenvalue weighted by atomic mass is 35.5. The number of amides is 1. The van der Waals surface area contributed by atoms with Gasteiger partial charge in [0.25, 0.3) is 0 Å². The number of ether oxygens (including phenoxy) is 3. The van der Waals surface area contributed by atoms with E-state index in [1.165, 1.54) is 14.2 Å². The highest BCUT2D eigenvalue weighted by molar-refractivity contribution is 6.33. The van der Waals surface area contributed by atoms with Crippen LogP contribution in [-0.4, -0.2) is 43.0 Å². The van der Waals surface area contributed by atoms with Crippen LogP contribution in [0, 0.1) is 0 Å². The third-order valence-corrected chi connectivity index (χ3v) is 3.39. The minimum Gasteiger partial charge on any atom is -0.493 e. The number of carbonyl (C=O) groups excluding carboxylic acids is 1. The van der Waals surface area contributed by atoms with E-state index in [0.29, 0.717) is 17.1 Å². The molecule has 0 spiro atoms. The molecule has 2 N–H and O–H groups in total. The minimum atomic E-state index is -1.20. The zero-order chi connectivity index (χ0) is 18.5. The molecule has 1 atom stereocenters.